The van der Waals surface area contributed by atoms with Crippen molar-refractivity contribution >= 4 is 11.6 Å². The number of rotatable bonds is 4. The summed E-state index contributed by atoms with van der Waals surface area (Å²) in [5, 5.41) is 3.14. The van der Waals surface area contributed by atoms with Gasteiger partial charge in [0.25, 0.3) is 5.91 Å². The molecule has 1 aromatic rings. The summed E-state index contributed by atoms with van der Waals surface area (Å²) in [7, 11) is 1.66. The largest absolute Gasteiger partial charge is 0.497 e. The van der Waals surface area contributed by atoms with Crippen LogP contribution < -0.4 is 15.0 Å². The Labute approximate surface area is 131 Å². The number of nitrogens with zero attached hydrogens (tertiary/aromatic N) is 1. The highest BCUT2D eigenvalue weighted by Crippen LogP contribution is 2.31. The fraction of sp³-hybridized carbons (Fsp3) is 0.588. The topological polar surface area (TPSA) is 50.8 Å². The molecule has 5 heteroatoms. The molecule has 22 heavy (non-hydrogen) atoms. The van der Waals surface area contributed by atoms with Gasteiger partial charge in [-0.1, -0.05) is 6.07 Å². The Kier molecular flexibility index (Phi) is 4.25. The Hall–Kier alpha value is -1.75. The number of methoxy groups -OCH3 is 1. The van der Waals surface area contributed by atoms with Crippen molar-refractivity contribution in [2.45, 2.75) is 37.8 Å². The molecule has 1 saturated carbocycles. The molecule has 0 spiro atoms. The summed E-state index contributed by atoms with van der Waals surface area (Å²) in [6.45, 7) is 4.03. The average molecular weight is 304 g/mol. The number of morpholine rings is 1. The number of hydrogen-bond donors (Lipinski definition) is 1. The quantitative estimate of drug-likeness (QED) is 0.924. The van der Waals surface area contributed by atoms with Crippen LogP contribution in [0.15, 0.2) is 24.3 Å². The maximum absolute atomic E-state index is 12.4. The molecule has 1 atom stereocenters. The first-order valence-electron chi connectivity index (χ1n) is 7.92. The third-order valence-corrected chi connectivity index (χ3v) is 4.66. The van der Waals surface area contributed by atoms with Crippen molar-refractivity contribution < 1.29 is 14.3 Å². The molecule has 3 rings (SSSR count). The number of hydrogen-bond acceptors (Lipinski definition) is 4. The van der Waals surface area contributed by atoms with Crippen molar-refractivity contribution in [3.8, 4) is 5.75 Å². The van der Waals surface area contributed by atoms with Gasteiger partial charge in [0.2, 0.25) is 0 Å². The lowest BCUT2D eigenvalue weighted by Gasteiger charge is -2.41. The zero-order valence-electron chi connectivity index (χ0n) is 13.3. The van der Waals surface area contributed by atoms with E-state index in [0.29, 0.717) is 13.2 Å². The molecule has 5 nitrogen and oxygen atoms in total. The Bertz CT molecular complexity index is 542. The Morgan fingerprint density at radius 2 is 2.27 bits per heavy atom. The predicted octanol–water partition coefficient (Wildman–Crippen LogP) is 1.96. The highest BCUT2D eigenvalue weighted by atomic mass is 16.5. The molecule has 1 saturated heterocycles. The van der Waals surface area contributed by atoms with Gasteiger partial charge < -0.3 is 19.7 Å². The molecule has 1 aliphatic heterocycles. The summed E-state index contributed by atoms with van der Waals surface area (Å²) in [5.41, 5.74) is 1.04. The molecule has 1 aliphatic carbocycles. The van der Waals surface area contributed by atoms with E-state index in [4.69, 9.17) is 9.47 Å². The van der Waals surface area contributed by atoms with E-state index in [2.05, 4.69) is 17.1 Å². The van der Waals surface area contributed by atoms with Crippen molar-refractivity contribution in [1.29, 1.82) is 0 Å². The first kappa shape index (κ1) is 15.2. The van der Waals surface area contributed by atoms with Gasteiger partial charge in [0.1, 0.15) is 5.75 Å². The van der Waals surface area contributed by atoms with Gasteiger partial charge in [0, 0.05) is 23.8 Å². The molecule has 1 aromatic carbocycles. The van der Waals surface area contributed by atoms with Gasteiger partial charge in [-0.2, -0.15) is 0 Å². The molecule has 1 unspecified atom stereocenters. The minimum absolute atomic E-state index is 0.00907. The van der Waals surface area contributed by atoms with Crippen molar-refractivity contribution in [1.82, 2.24) is 5.32 Å². The van der Waals surface area contributed by atoms with Crippen LogP contribution in [0.4, 0.5) is 5.69 Å². The minimum atomic E-state index is -0.405. The number of nitrogens with one attached hydrogen (secondary N) is 1. The van der Waals surface area contributed by atoms with Crippen molar-refractivity contribution in [2.24, 2.45) is 0 Å². The van der Waals surface area contributed by atoms with Crippen LogP contribution in [0.3, 0.4) is 0 Å². The summed E-state index contributed by atoms with van der Waals surface area (Å²) < 4.78 is 10.9. The van der Waals surface area contributed by atoms with Crippen LogP contribution in [-0.4, -0.2) is 44.4 Å². The zero-order valence-corrected chi connectivity index (χ0v) is 13.3. The van der Waals surface area contributed by atoms with E-state index in [-0.39, 0.29) is 11.4 Å². The lowest BCUT2D eigenvalue weighted by molar-refractivity contribution is -0.136. The lowest BCUT2D eigenvalue weighted by Crippen LogP contribution is -2.57. The predicted molar refractivity (Wildman–Crippen MR) is 85.3 cm³/mol. The molecular weight excluding hydrogens is 280 g/mol. The van der Waals surface area contributed by atoms with E-state index < -0.39 is 6.10 Å². The average Bonchev–Trinajstić information content (AvgIpc) is 2.53. The van der Waals surface area contributed by atoms with Gasteiger partial charge >= 0.3 is 0 Å². The second kappa shape index (κ2) is 6.16. The smallest absolute Gasteiger partial charge is 0.251 e. The van der Waals surface area contributed by atoms with E-state index in [1.807, 2.05) is 24.3 Å². The molecule has 120 valence electrons. The van der Waals surface area contributed by atoms with Gasteiger partial charge in [-0.05, 0) is 38.3 Å². The SMILES string of the molecule is COc1cccc(N2CCOC(C(=O)NC3(C)CCC3)C2)c1. The molecule has 1 N–H and O–H groups in total. The standard InChI is InChI=1S/C17H24N2O3/c1-17(7-4-8-17)18-16(20)15-12-19(9-10-22-15)13-5-3-6-14(11-13)21-2/h3,5-6,11,15H,4,7-10,12H2,1-2H3,(H,18,20). The number of ether oxygens (including phenoxy) is 2. The lowest BCUT2D eigenvalue weighted by atomic mass is 9.78. The zero-order chi connectivity index (χ0) is 15.6. The third kappa shape index (κ3) is 3.19. The molecule has 2 fully saturated rings. The van der Waals surface area contributed by atoms with Crippen molar-refractivity contribution in [2.75, 3.05) is 31.7 Å². The minimum Gasteiger partial charge on any atom is -0.497 e. The van der Waals surface area contributed by atoms with E-state index in [1.54, 1.807) is 7.11 Å². The van der Waals surface area contributed by atoms with E-state index in [1.165, 1.54) is 6.42 Å². The van der Waals surface area contributed by atoms with Crippen LogP contribution in [0.5, 0.6) is 5.75 Å². The summed E-state index contributed by atoms with van der Waals surface area (Å²) >= 11 is 0. The van der Waals surface area contributed by atoms with Crippen molar-refractivity contribution in [3.05, 3.63) is 24.3 Å². The molecule has 1 heterocycles. The number of carbonyl (C=O) groups is 1. The Morgan fingerprint density at radius 3 is 2.95 bits per heavy atom. The fourth-order valence-electron chi connectivity index (χ4n) is 3.06. The molecule has 0 radical (unpaired) electrons. The summed E-state index contributed by atoms with van der Waals surface area (Å²) in [6, 6.07) is 7.92. The third-order valence-electron chi connectivity index (χ3n) is 4.66. The highest BCUT2D eigenvalue weighted by Gasteiger charge is 2.36. The number of anilines is 1. The normalized spacial score (nSPS) is 23.5. The maximum atomic E-state index is 12.4. The van der Waals surface area contributed by atoms with Crippen LogP contribution in [0.25, 0.3) is 0 Å². The number of amides is 1. The second-order valence-electron chi connectivity index (χ2n) is 6.41. The van der Waals surface area contributed by atoms with E-state index in [9.17, 15) is 4.79 Å². The second-order valence-corrected chi connectivity index (χ2v) is 6.41. The van der Waals surface area contributed by atoms with E-state index >= 15 is 0 Å². The van der Waals surface area contributed by atoms with Gasteiger partial charge in [0.05, 0.1) is 20.3 Å². The number of benzene rings is 1. The monoisotopic (exact) mass is 304 g/mol. The molecule has 1 amide bonds. The van der Waals surface area contributed by atoms with Gasteiger partial charge in [-0.25, -0.2) is 0 Å². The van der Waals surface area contributed by atoms with Gasteiger partial charge in [-0.3, -0.25) is 4.79 Å². The van der Waals surface area contributed by atoms with Crippen LogP contribution in [0, 0.1) is 0 Å². The van der Waals surface area contributed by atoms with Crippen LogP contribution in [0.1, 0.15) is 26.2 Å². The van der Waals surface area contributed by atoms with E-state index in [0.717, 1.165) is 30.8 Å². The molecule has 0 bridgehead atoms. The van der Waals surface area contributed by atoms with Crippen LogP contribution in [-0.2, 0) is 9.53 Å². The van der Waals surface area contributed by atoms with Gasteiger partial charge in [0.15, 0.2) is 6.10 Å². The summed E-state index contributed by atoms with van der Waals surface area (Å²) in [4.78, 5) is 14.6. The molecular formula is C17H24N2O3. The first-order chi connectivity index (χ1) is 10.6. The number of carbonyl (C=O) groups excluding carboxylic acids is 1. The Balaban J connectivity index is 1.64. The first-order valence-corrected chi connectivity index (χ1v) is 7.92. The summed E-state index contributed by atoms with van der Waals surface area (Å²) in [6.07, 6.45) is 2.91. The van der Waals surface area contributed by atoms with Crippen molar-refractivity contribution in [3.63, 3.8) is 0 Å². The Morgan fingerprint density at radius 1 is 1.45 bits per heavy atom. The van der Waals surface area contributed by atoms with Crippen LogP contribution >= 0.6 is 0 Å². The summed E-state index contributed by atoms with van der Waals surface area (Å²) in [5.74, 6) is 0.835. The fourth-order valence-corrected chi connectivity index (χ4v) is 3.06. The van der Waals surface area contributed by atoms with Crippen LogP contribution in [0.2, 0.25) is 0 Å². The van der Waals surface area contributed by atoms with Gasteiger partial charge in [-0.15, -0.1) is 0 Å². The molecule has 2 aliphatic rings. The molecule has 0 aromatic heterocycles. The highest BCUT2D eigenvalue weighted by molar-refractivity contribution is 5.82. The maximum Gasteiger partial charge on any atom is 0.251 e.